The molecule has 2 aliphatic rings. The van der Waals surface area contributed by atoms with E-state index in [1.54, 1.807) is 0 Å². The number of nitrogens with two attached hydrogens (primary N) is 1. The minimum atomic E-state index is -0.689. The topological polar surface area (TPSA) is 80.5 Å². The van der Waals surface area contributed by atoms with Crippen LogP contribution >= 0.6 is 0 Å². The van der Waals surface area contributed by atoms with Crippen molar-refractivity contribution >= 4 is 11.7 Å². The zero-order chi connectivity index (χ0) is 17.9. The lowest BCUT2D eigenvalue weighted by Gasteiger charge is -2.36. The molecule has 1 saturated heterocycles. The molecule has 2 fully saturated rings. The molecule has 2 heterocycles. The summed E-state index contributed by atoms with van der Waals surface area (Å²) >= 11 is 0. The van der Waals surface area contributed by atoms with Crippen molar-refractivity contribution in [1.29, 1.82) is 0 Å². The second-order valence-corrected chi connectivity index (χ2v) is 7.59. The van der Waals surface area contributed by atoms with Gasteiger partial charge in [-0.1, -0.05) is 25.3 Å². The van der Waals surface area contributed by atoms with Gasteiger partial charge in [0.05, 0.1) is 17.7 Å². The predicted molar refractivity (Wildman–Crippen MR) is 98.3 cm³/mol. The lowest BCUT2D eigenvalue weighted by molar-refractivity contribution is -0.127. The molecule has 6 heteroatoms. The van der Waals surface area contributed by atoms with Crippen molar-refractivity contribution in [2.24, 2.45) is 5.73 Å². The largest absolute Gasteiger partial charge is 0.372 e. The van der Waals surface area contributed by atoms with Crippen LogP contribution in [0.2, 0.25) is 0 Å². The molecule has 1 aromatic heterocycles. The standard InChI is InChI=1S/C19H30N4O2/c1-14-12-23(13-15(2)25-14)17-7-6-16(10-21-17)11-22-18(24)19(20)8-4-3-5-9-19/h6-7,10,14-15H,3-5,8-9,11-13,20H2,1-2H3,(H,22,24). The van der Waals surface area contributed by atoms with Crippen LogP contribution in [0, 0.1) is 0 Å². The molecule has 0 bridgehead atoms. The van der Waals surface area contributed by atoms with Gasteiger partial charge in [0.25, 0.3) is 0 Å². The van der Waals surface area contributed by atoms with Crippen molar-refractivity contribution in [2.75, 3.05) is 18.0 Å². The molecule has 1 aliphatic heterocycles. The Bertz CT molecular complexity index is 574. The van der Waals surface area contributed by atoms with Crippen molar-refractivity contribution in [3.8, 4) is 0 Å². The maximum absolute atomic E-state index is 12.4. The quantitative estimate of drug-likeness (QED) is 0.871. The van der Waals surface area contributed by atoms with Crippen LogP contribution in [0.3, 0.4) is 0 Å². The summed E-state index contributed by atoms with van der Waals surface area (Å²) in [5, 5.41) is 2.98. The minimum absolute atomic E-state index is 0.0351. The zero-order valence-electron chi connectivity index (χ0n) is 15.3. The number of amides is 1. The Kier molecular flexibility index (Phi) is 5.59. The van der Waals surface area contributed by atoms with Gasteiger partial charge < -0.3 is 20.7 Å². The Labute approximate surface area is 150 Å². The number of ether oxygens (including phenoxy) is 1. The molecule has 0 spiro atoms. The summed E-state index contributed by atoms with van der Waals surface area (Å²) in [4.78, 5) is 19.2. The summed E-state index contributed by atoms with van der Waals surface area (Å²) in [5.41, 5.74) is 6.57. The third kappa shape index (κ3) is 4.50. The van der Waals surface area contributed by atoms with Crippen LogP contribution in [0.4, 0.5) is 5.82 Å². The number of hydrogen-bond donors (Lipinski definition) is 2. The van der Waals surface area contributed by atoms with Crippen LogP contribution in [0.5, 0.6) is 0 Å². The van der Waals surface area contributed by atoms with Gasteiger partial charge >= 0.3 is 0 Å². The second-order valence-electron chi connectivity index (χ2n) is 7.59. The summed E-state index contributed by atoms with van der Waals surface area (Å²) in [5.74, 6) is 0.923. The van der Waals surface area contributed by atoms with E-state index in [4.69, 9.17) is 10.5 Å². The van der Waals surface area contributed by atoms with Gasteiger partial charge in [-0.25, -0.2) is 4.98 Å². The van der Waals surface area contributed by atoms with E-state index in [1.807, 2.05) is 18.3 Å². The zero-order valence-corrected chi connectivity index (χ0v) is 15.3. The van der Waals surface area contributed by atoms with E-state index in [2.05, 4.69) is 29.0 Å². The first-order valence-corrected chi connectivity index (χ1v) is 9.39. The lowest BCUT2D eigenvalue weighted by Crippen LogP contribution is -2.54. The van der Waals surface area contributed by atoms with Crippen molar-refractivity contribution in [2.45, 2.75) is 70.2 Å². The molecule has 3 N–H and O–H groups in total. The normalized spacial score (nSPS) is 26.3. The Morgan fingerprint density at radius 1 is 1.28 bits per heavy atom. The highest BCUT2D eigenvalue weighted by Gasteiger charge is 2.34. The molecular formula is C19H30N4O2. The maximum atomic E-state index is 12.4. The van der Waals surface area contributed by atoms with Crippen LogP contribution in [-0.2, 0) is 16.1 Å². The number of nitrogens with one attached hydrogen (secondary N) is 1. The molecule has 25 heavy (non-hydrogen) atoms. The molecule has 0 radical (unpaired) electrons. The van der Waals surface area contributed by atoms with Gasteiger partial charge in [-0.05, 0) is 38.3 Å². The van der Waals surface area contributed by atoms with E-state index in [0.29, 0.717) is 6.54 Å². The number of aromatic nitrogens is 1. The van der Waals surface area contributed by atoms with Crippen molar-refractivity contribution < 1.29 is 9.53 Å². The van der Waals surface area contributed by atoms with E-state index in [0.717, 1.165) is 50.2 Å². The van der Waals surface area contributed by atoms with Crippen molar-refractivity contribution in [3.63, 3.8) is 0 Å². The Hall–Kier alpha value is -1.66. The van der Waals surface area contributed by atoms with Gasteiger partial charge in [0.1, 0.15) is 5.82 Å². The third-order valence-corrected chi connectivity index (χ3v) is 5.20. The number of rotatable bonds is 4. The van der Waals surface area contributed by atoms with Crippen LogP contribution in [-0.4, -0.2) is 41.7 Å². The van der Waals surface area contributed by atoms with Gasteiger partial charge in [-0.3, -0.25) is 4.79 Å². The molecule has 3 rings (SSSR count). The highest BCUT2D eigenvalue weighted by atomic mass is 16.5. The molecule has 1 aromatic rings. The fraction of sp³-hybridized carbons (Fsp3) is 0.684. The fourth-order valence-electron chi connectivity index (χ4n) is 3.84. The summed E-state index contributed by atoms with van der Waals surface area (Å²) < 4.78 is 5.76. The predicted octanol–water partition coefficient (Wildman–Crippen LogP) is 1.97. The first-order chi connectivity index (χ1) is 12.0. The highest BCUT2D eigenvalue weighted by molar-refractivity contribution is 5.86. The monoisotopic (exact) mass is 346 g/mol. The number of anilines is 1. The van der Waals surface area contributed by atoms with Gasteiger partial charge in [-0.2, -0.15) is 0 Å². The number of carbonyl (C=O) groups excluding carboxylic acids is 1. The van der Waals surface area contributed by atoms with E-state index in [-0.39, 0.29) is 18.1 Å². The van der Waals surface area contributed by atoms with Crippen molar-refractivity contribution in [1.82, 2.24) is 10.3 Å². The molecule has 2 atom stereocenters. The Morgan fingerprint density at radius 3 is 2.56 bits per heavy atom. The van der Waals surface area contributed by atoms with Crippen LogP contribution in [0.25, 0.3) is 0 Å². The summed E-state index contributed by atoms with van der Waals surface area (Å²) in [6.45, 7) is 6.34. The first-order valence-electron chi connectivity index (χ1n) is 9.39. The highest BCUT2D eigenvalue weighted by Crippen LogP contribution is 2.26. The number of nitrogens with zero attached hydrogens (tertiary/aromatic N) is 2. The van der Waals surface area contributed by atoms with Crippen LogP contribution < -0.4 is 16.0 Å². The van der Waals surface area contributed by atoms with Gasteiger partial charge in [0, 0.05) is 25.8 Å². The molecule has 1 aliphatic carbocycles. The Morgan fingerprint density at radius 2 is 1.96 bits per heavy atom. The van der Waals surface area contributed by atoms with Gasteiger partial charge in [0.2, 0.25) is 5.91 Å². The first kappa shape index (κ1) is 18.1. The molecule has 2 unspecified atom stereocenters. The fourth-order valence-corrected chi connectivity index (χ4v) is 3.84. The number of pyridine rings is 1. The van der Waals surface area contributed by atoms with Crippen LogP contribution in [0.1, 0.15) is 51.5 Å². The third-order valence-electron chi connectivity index (χ3n) is 5.20. The maximum Gasteiger partial charge on any atom is 0.240 e. The SMILES string of the molecule is CC1CN(c2ccc(CNC(=O)C3(N)CCCCC3)cn2)CC(C)O1. The second kappa shape index (κ2) is 7.70. The van der Waals surface area contributed by atoms with Gasteiger partial charge in [-0.15, -0.1) is 0 Å². The van der Waals surface area contributed by atoms with Gasteiger partial charge in [0.15, 0.2) is 0 Å². The number of hydrogen-bond acceptors (Lipinski definition) is 5. The van der Waals surface area contributed by atoms with E-state index < -0.39 is 5.54 Å². The summed E-state index contributed by atoms with van der Waals surface area (Å²) in [7, 11) is 0. The number of carbonyl (C=O) groups is 1. The summed E-state index contributed by atoms with van der Waals surface area (Å²) in [6.07, 6.45) is 7.07. The number of morpholine rings is 1. The molecule has 6 nitrogen and oxygen atoms in total. The molecular weight excluding hydrogens is 316 g/mol. The Balaban J connectivity index is 1.55. The molecule has 138 valence electrons. The van der Waals surface area contributed by atoms with E-state index >= 15 is 0 Å². The smallest absolute Gasteiger partial charge is 0.240 e. The lowest BCUT2D eigenvalue weighted by atomic mass is 9.82. The minimum Gasteiger partial charge on any atom is -0.372 e. The van der Waals surface area contributed by atoms with Crippen molar-refractivity contribution in [3.05, 3.63) is 23.9 Å². The van der Waals surface area contributed by atoms with Crippen LogP contribution in [0.15, 0.2) is 18.3 Å². The summed E-state index contributed by atoms with van der Waals surface area (Å²) in [6, 6.07) is 4.04. The van der Waals surface area contributed by atoms with E-state index in [1.165, 1.54) is 6.42 Å². The average molecular weight is 346 g/mol. The van der Waals surface area contributed by atoms with E-state index in [9.17, 15) is 4.79 Å². The average Bonchev–Trinajstić information content (AvgIpc) is 2.60. The molecule has 1 amide bonds. The molecule has 0 aromatic carbocycles. The molecule has 1 saturated carbocycles.